The molecule has 0 aromatic rings. The molecule has 0 spiro atoms. The van der Waals surface area contributed by atoms with Gasteiger partial charge in [0.1, 0.15) is 0 Å². The molecule has 0 aromatic carbocycles. The first-order chi connectivity index (χ1) is 6.33. The van der Waals surface area contributed by atoms with Crippen molar-refractivity contribution in [2.75, 3.05) is 0 Å². The van der Waals surface area contributed by atoms with Crippen LogP contribution in [0.1, 0.15) is 0 Å². The molecule has 0 unspecified atom stereocenters. The van der Waals surface area contributed by atoms with Crippen LogP contribution in [-0.4, -0.2) is 13.9 Å². The highest BCUT2D eigenvalue weighted by Crippen LogP contribution is 2.29. The van der Waals surface area contributed by atoms with Crippen molar-refractivity contribution in [3.8, 4) is 0 Å². The van der Waals surface area contributed by atoms with Gasteiger partial charge in [-0.25, -0.2) is 0 Å². The topological polar surface area (TPSA) is 55.4 Å². The van der Waals surface area contributed by atoms with E-state index < -0.39 is 15.6 Å². The maximum Gasteiger partial charge on any atom is 0.534 e. The summed E-state index contributed by atoms with van der Waals surface area (Å²) in [4.78, 5) is 0. The molecule has 1 rings (SSSR count). The molecule has 0 radical (unpaired) electrons. The Labute approximate surface area is 82.1 Å². The van der Waals surface area contributed by atoms with E-state index >= 15 is 0 Å². The Kier molecular flexibility index (Phi) is 3.00. The highest BCUT2D eigenvalue weighted by molar-refractivity contribution is 8.01. The van der Waals surface area contributed by atoms with E-state index in [1.807, 2.05) is 0 Å². The van der Waals surface area contributed by atoms with E-state index in [2.05, 4.69) is 8.91 Å². The van der Waals surface area contributed by atoms with Crippen LogP contribution in [-0.2, 0) is 14.3 Å². The summed E-state index contributed by atoms with van der Waals surface area (Å²) in [5, 5.41) is -0.384. The molecule has 0 aromatic heterocycles. The number of hydrogen-bond donors (Lipinski definition) is 1. The van der Waals surface area contributed by atoms with Gasteiger partial charge in [-0.05, 0) is 12.2 Å². The number of alkyl halides is 3. The van der Waals surface area contributed by atoms with Crippen LogP contribution >= 0.6 is 11.9 Å². The summed E-state index contributed by atoms with van der Waals surface area (Å²) in [6.45, 7) is 0. The molecule has 80 valence electrons. The van der Waals surface area contributed by atoms with Gasteiger partial charge in [-0.1, -0.05) is 0 Å². The van der Waals surface area contributed by atoms with Gasteiger partial charge >= 0.3 is 15.6 Å². The van der Waals surface area contributed by atoms with E-state index in [0.717, 1.165) is 6.08 Å². The molecule has 0 bridgehead atoms. The zero-order chi connectivity index (χ0) is 10.8. The molecule has 1 N–H and O–H groups in total. The van der Waals surface area contributed by atoms with Gasteiger partial charge in [-0.2, -0.15) is 21.6 Å². The van der Waals surface area contributed by atoms with E-state index in [1.54, 1.807) is 0 Å². The van der Waals surface area contributed by atoms with E-state index in [4.69, 9.17) is 0 Å². The van der Waals surface area contributed by atoms with Crippen LogP contribution in [0.2, 0.25) is 0 Å². The van der Waals surface area contributed by atoms with E-state index in [9.17, 15) is 21.6 Å². The number of rotatable bonds is 2. The monoisotopic (exact) mass is 247 g/mol. The molecule has 1 heterocycles. The normalized spacial score (nSPS) is 17.2. The second kappa shape index (κ2) is 3.73. The lowest BCUT2D eigenvalue weighted by molar-refractivity contribution is -0.0517. The van der Waals surface area contributed by atoms with Crippen molar-refractivity contribution in [3.63, 3.8) is 0 Å². The molecule has 0 amide bonds. The number of hydrogen-bond acceptors (Lipinski definition) is 5. The van der Waals surface area contributed by atoms with E-state index in [0.29, 0.717) is 11.9 Å². The lowest BCUT2D eigenvalue weighted by atomic mass is 10.6. The zero-order valence-electron chi connectivity index (χ0n) is 6.41. The fourth-order valence-corrected chi connectivity index (χ4v) is 1.67. The third-order valence-corrected chi connectivity index (χ3v) is 2.78. The van der Waals surface area contributed by atoms with Crippen LogP contribution in [0.4, 0.5) is 13.2 Å². The highest BCUT2D eigenvalue weighted by atomic mass is 32.2. The Morgan fingerprint density at radius 2 is 2.07 bits per heavy atom. The first-order valence-electron chi connectivity index (χ1n) is 3.13. The molecular formula is C5H4F3NO3S2. The molecule has 14 heavy (non-hydrogen) atoms. The van der Waals surface area contributed by atoms with Gasteiger partial charge in [0.05, 0.1) is 0 Å². The summed E-state index contributed by atoms with van der Waals surface area (Å²) in [7, 11) is -5.56. The lowest BCUT2D eigenvalue weighted by Crippen LogP contribution is -2.25. The van der Waals surface area contributed by atoms with Crippen LogP contribution in [0.15, 0.2) is 23.4 Å². The molecule has 4 nitrogen and oxygen atoms in total. The number of allylic oxidation sites excluding steroid dienone is 2. The van der Waals surface area contributed by atoms with Crippen molar-refractivity contribution in [3.05, 3.63) is 23.4 Å². The largest absolute Gasteiger partial charge is 0.534 e. The van der Waals surface area contributed by atoms with E-state index in [1.165, 1.54) is 12.3 Å². The highest BCUT2D eigenvalue weighted by Gasteiger charge is 2.49. The molecule has 1 aliphatic rings. The van der Waals surface area contributed by atoms with Gasteiger partial charge in [-0.3, -0.25) is 0 Å². The summed E-state index contributed by atoms with van der Waals surface area (Å²) < 4.78 is 62.6. The van der Waals surface area contributed by atoms with Crippen LogP contribution in [0.5, 0.6) is 0 Å². The first-order valence-corrected chi connectivity index (χ1v) is 5.35. The summed E-state index contributed by atoms with van der Waals surface area (Å²) in [5.41, 5.74) is -5.41. The second-order valence-corrected chi connectivity index (χ2v) is 4.43. The molecule has 0 saturated carbocycles. The van der Waals surface area contributed by atoms with Crippen molar-refractivity contribution in [1.29, 1.82) is 0 Å². The molecule has 9 heteroatoms. The summed E-state index contributed by atoms with van der Waals surface area (Å²) in [6.07, 6.45) is 3.83. The fourth-order valence-electron chi connectivity index (χ4n) is 0.492. The lowest BCUT2D eigenvalue weighted by Gasteiger charge is -2.12. The van der Waals surface area contributed by atoms with Crippen LogP contribution in [0, 0.1) is 0 Å². The Morgan fingerprint density at radius 1 is 1.43 bits per heavy atom. The Bertz CT molecular complexity index is 370. The van der Waals surface area contributed by atoms with E-state index in [-0.39, 0.29) is 5.09 Å². The minimum Gasteiger partial charge on any atom is -0.367 e. The molecule has 0 fully saturated rings. The van der Waals surface area contributed by atoms with Gasteiger partial charge < -0.3 is 8.91 Å². The number of halogens is 3. The average molecular weight is 247 g/mol. The van der Waals surface area contributed by atoms with Crippen LogP contribution in [0.3, 0.4) is 0 Å². The van der Waals surface area contributed by atoms with Crippen molar-refractivity contribution in [2.24, 2.45) is 0 Å². The van der Waals surface area contributed by atoms with Gasteiger partial charge in [0, 0.05) is 18.1 Å². The molecule has 0 saturated heterocycles. The minimum atomic E-state index is -5.56. The van der Waals surface area contributed by atoms with Crippen molar-refractivity contribution < 1.29 is 25.8 Å². The van der Waals surface area contributed by atoms with Crippen molar-refractivity contribution in [2.45, 2.75) is 5.51 Å². The summed E-state index contributed by atoms with van der Waals surface area (Å²) >= 11 is 0.629. The first kappa shape index (κ1) is 11.2. The third kappa shape index (κ3) is 2.58. The predicted molar refractivity (Wildman–Crippen MR) is 44.0 cm³/mol. The number of nitrogens with one attached hydrogen (secondary N) is 1. The summed E-state index contributed by atoms with van der Waals surface area (Å²) in [5.74, 6) is 0. The second-order valence-electron chi connectivity index (χ2n) is 2.05. The van der Waals surface area contributed by atoms with Gasteiger partial charge in [0.2, 0.25) is 0 Å². The van der Waals surface area contributed by atoms with Gasteiger partial charge in [-0.15, -0.1) is 0 Å². The fraction of sp³-hybridized carbons (Fsp3) is 0.200. The Morgan fingerprint density at radius 3 is 2.50 bits per heavy atom. The average Bonchev–Trinajstić information content (AvgIpc) is 2.03. The Hall–Kier alpha value is -0.830. The van der Waals surface area contributed by atoms with Crippen LogP contribution < -0.4 is 4.72 Å². The molecule has 0 aliphatic carbocycles. The third-order valence-electron chi connectivity index (χ3n) is 1.03. The van der Waals surface area contributed by atoms with Gasteiger partial charge in [0.25, 0.3) is 0 Å². The Balaban J connectivity index is 2.79. The smallest absolute Gasteiger partial charge is 0.367 e. The minimum absolute atomic E-state index is 0.384. The standard InChI is InChI=1S/C5H4F3NO3S2/c6-5(7,8)14(10,11)12-4-2-1-3-9-13-4/h1-3,9H. The SMILES string of the molecule is O=S(=O)(OC1=CC=CNS1)C(F)(F)F. The summed E-state index contributed by atoms with van der Waals surface area (Å²) in [6, 6.07) is 0. The van der Waals surface area contributed by atoms with Crippen molar-refractivity contribution in [1.82, 2.24) is 4.72 Å². The van der Waals surface area contributed by atoms with Crippen LogP contribution in [0.25, 0.3) is 0 Å². The maximum absolute atomic E-state index is 11.8. The maximum atomic E-state index is 11.8. The zero-order valence-corrected chi connectivity index (χ0v) is 8.04. The quantitative estimate of drug-likeness (QED) is 0.455. The van der Waals surface area contributed by atoms with Crippen molar-refractivity contribution >= 4 is 22.1 Å². The molecule has 1 aliphatic heterocycles. The molecule has 0 atom stereocenters. The predicted octanol–water partition coefficient (Wildman–Crippen LogP) is 1.46. The van der Waals surface area contributed by atoms with Gasteiger partial charge in [0.15, 0.2) is 5.09 Å². The molecular weight excluding hydrogens is 243 g/mol.